The third-order valence-corrected chi connectivity index (χ3v) is 1.60. The average Bonchev–Trinajstić information content (AvgIpc) is 1.21. The van der Waals surface area contributed by atoms with Crippen molar-refractivity contribution < 1.29 is 4.43 Å². The van der Waals surface area contributed by atoms with Gasteiger partial charge < -0.3 is 4.43 Å². The van der Waals surface area contributed by atoms with Crippen LogP contribution in [0.25, 0.3) is 0 Å². The molecule has 0 atom stereocenters. The smallest absolute Gasteiger partial charge is 0.242 e. The van der Waals surface area contributed by atoms with E-state index in [1.54, 1.807) is 0 Å². The zero-order chi connectivity index (χ0) is 6.78. The highest BCUT2D eigenvalue weighted by atomic mass is 32.1. The molecule has 0 N–H and O–H groups in total. The molecule has 0 radical (unpaired) electrons. The van der Waals surface area contributed by atoms with Crippen LogP contribution in [0.5, 0.6) is 0 Å². The van der Waals surface area contributed by atoms with Gasteiger partial charge in [-0.3, -0.25) is 0 Å². The molecular weight excluding hydrogens is 136 g/mol. The summed E-state index contributed by atoms with van der Waals surface area (Å²) in [6, 6.07) is 0. The SMILES string of the molecule is CC(=S)O[Si](C)(C)C. The molecule has 8 heavy (non-hydrogen) atoms. The summed E-state index contributed by atoms with van der Waals surface area (Å²) in [6.45, 7) is 8.15. The first-order valence-corrected chi connectivity index (χ1v) is 6.43. The molecule has 0 aliphatic rings. The maximum atomic E-state index is 5.31. The Morgan fingerprint density at radius 1 is 1.38 bits per heavy atom. The van der Waals surface area contributed by atoms with Crippen LogP contribution in [0.3, 0.4) is 0 Å². The normalized spacial score (nSPS) is 11.0. The lowest BCUT2D eigenvalue weighted by atomic mass is 10.9. The van der Waals surface area contributed by atoms with Crippen molar-refractivity contribution in [2.24, 2.45) is 0 Å². The fraction of sp³-hybridized carbons (Fsp3) is 0.800. The second kappa shape index (κ2) is 2.59. The van der Waals surface area contributed by atoms with Gasteiger partial charge in [0.25, 0.3) is 0 Å². The lowest BCUT2D eigenvalue weighted by molar-refractivity contribution is 0.563. The first-order valence-electron chi connectivity index (χ1n) is 2.61. The fourth-order valence-electron chi connectivity index (χ4n) is 0.431. The summed E-state index contributed by atoms with van der Waals surface area (Å²) >= 11 is 4.76. The van der Waals surface area contributed by atoms with Gasteiger partial charge in [0, 0.05) is 6.92 Å². The maximum absolute atomic E-state index is 5.31. The predicted molar refractivity (Wildman–Crippen MR) is 42.7 cm³/mol. The van der Waals surface area contributed by atoms with Gasteiger partial charge in [-0.1, -0.05) is 0 Å². The van der Waals surface area contributed by atoms with Crippen molar-refractivity contribution in [2.75, 3.05) is 0 Å². The van der Waals surface area contributed by atoms with Gasteiger partial charge in [-0.15, -0.1) is 0 Å². The Bertz CT molecular complexity index is 95.1. The predicted octanol–water partition coefficient (Wildman–Crippen LogP) is 2.19. The Balaban J connectivity index is 3.55. The molecule has 1 nitrogen and oxygen atoms in total. The topological polar surface area (TPSA) is 9.23 Å². The maximum Gasteiger partial charge on any atom is 0.242 e. The zero-order valence-electron chi connectivity index (χ0n) is 5.82. The van der Waals surface area contributed by atoms with Crippen LogP contribution in [-0.2, 0) is 4.43 Å². The van der Waals surface area contributed by atoms with Crippen molar-refractivity contribution in [1.82, 2.24) is 0 Å². The fourth-order valence-corrected chi connectivity index (χ4v) is 2.04. The highest BCUT2D eigenvalue weighted by Gasteiger charge is 2.15. The van der Waals surface area contributed by atoms with Gasteiger partial charge in [0.15, 0.2) is 0 Å². The molecule has 0 aromatic carbocycles. The largest absolute Gasteiger partial charge is 0.540 e. The van der Waals surface area contributed by atoms with Crippen LogP contribution in [-0.4, -0.2) is 13.4 Å². The Morgan fingerprint density at radius 3 is 1.75 bits per heavy atom. The Morgan fingerprint density at radius 2 is 1.75 bits per heavy atom. The molecule has 0 aromatic heterocycles. The third-order valence-electron chi connectivity index (χ3n) is 0.450. The molecule has 0 fully saturated rings. The van der Waals surface area contributed by atoms with Crippen molar-refractivity contribution in [1.29, 1.82) is 0 Å². The molecule has 0 bridgehead atoms. The summed E-state index contributed by atoms with van der Waals surface area (Å²) in [5.41, 5.74) is 0. The summed E-state index contributed by atoms with van der Waals surface area (Å²) in [4.78, 5) is 0. The highest BCUT2D eigenvalue weighted by molar-refractivity contribution is 7.80. The Labute approximate surface area is 57.2 Å². The van der Waals surface area contributed by atoms with Crippen molar-refractivity contribution in [2.45, 2.75) is 26.6 Å². The van der Waals surface area contributed by atoms with E-state index in [1.807, 2.05) is 6.92 Å². The van der Waals surface area contributed by atoms with Gasteiger partial charge in [-0.25, -0.2) is 0 Å². The molecule has 0 aliphatic carbocycles. The summed E-state index contributed by atoms with van der Waals surface area (Å²) in [6.07, 6.45) is 0. The van der Waals surface area contributed by atoms with Crippen LogP contribution in [0.2, 0.25) is 19.6 Å². The first kappa shape index (κ1) is 8.11. The van der Waals surface area contributed by atoms with Crippen LogP contribution in [0.4, 0.5) is 0 Å². The number of hydrogen-bond donors (Lipinski definition) is 0. The summed E-state index contributed by atoms with van der Waals surface area (Å²) in [7, 11) is -1.36. The number of hydrogen-bond acceptors (Lipinski definition) is 2. The molecule has 0 rings (SSSR count). The van der Waals surface area contributed by atoms with Crippen LogP contribution in [0, 0.1) is 0 Å². The third kappa shape index (κ3) is 6.11. The molecule has 0 saturated carbocycles. The lowest BCUT2D eigenvalue weighted by Crippen LogP contribution is -2.26. The molecule has 0 saturated heterocycles. The second-order valence-corrected chi connectivity index (χ2v) is 7.71. The van der Waals surface area contributed by atoms with E-state index in [9.17, 15) is 0 Å². The molecule has 0 unspecified atom stereocenters. The highest BCUT2D eigenvalue weighted by Crippen LogP contribution is 2.02. The van der Waals surface area contributed by atoms with Crippen LogP contribution < -0.4 is 0 Å². The molecule has 0 amide bonds. The molecule has 0 spiro atoms. The zero-order valence-corrected chi connectivity index (χ0v) is 7.63. The van der Waals surface area contributed by atoms with Crippen molar-refractivity contribution in [3.63, 3.8) is 0 Å². The molecule has 0 heterocycles. The Kier molecular flexibility index (Phi) is 2.63. The van der Waals surface area contributed by atoms with E-state index >= 15 is 0 Å². The molecule has 48 valence electrons. The van der Waals surface area contributed by atoms with E-state index in [0.29, 0.717) is 5.05 Å². The van der Waals surface area contributed by atoms with Crippen molar-refractivity contribution in [3.8, 4) is 0 Å². The number of thiocarbonyl (C=S) groups is 1. The van der Waals surface area contributed by atoms with Crippen molar-refractivity contribution in [3.05, 3.63) is 0 Å². The minimum absolute atomic E-state index is 0.671. The minimum atomic E-state index is -1.36. The quantitative estimate of drug-likeness (QED) is 0.416. The van der Waals surface area contributed by atoms with Crippen LogP contribution >= 0.6 is 12.2 Å². The van der Waals surface area contributed by atoms with E-state index < -0.39 is 8.32 Å². The first-order chi connectivity index (χ1) is 3.42. The molecule has 3 heteroatoms. The van der Waals surface area contributed by atoms with E-state index in [4.69, 9.17) is 16.6 Å². The van der Waals surface area contributed by atoms with Crippen molar-refractivity contribution >= 4 is 25.6 Å². The Hall–Kier alpha value is 0.107. The molecular formula is C5H12OSSi. The van der Waals surface area contributed by atoms with Gasteiger partial charge in [0.05, 0.1) is 0 Å². The standard InChI is InChI=1S/C5H12OSSi/c1-5(7)6-8(2,3)4/h1-4H3. The monoisotopic (exact) mass is 148 g/mol. The lowest BCUT2D eigenvalue weighted by Gasteiger charge is -2.16. The van der Waals surface area contributed by atoms with Crippen LogP contribution in [0.15, 0.2) is 0 Å². The molecule has 0 aromatic rings. The van der Waals surface area contributed by atoms with Gasteiger partial charge in [0.2, 0.25) is 8.32 Å². The minimum Gasteiger partial charge on any atom is -0.540 e. The second-order valence-electron chi connectivity index (χ2n) is 2.71. The van der Waals surface area contributed by atoms with E-state index in [2.05, 4.69) is 19.6 Å². The summed E-state index contributed by atoms with van der Waals surface area (Å²) < 4.78 is 5.31. The van der Waals surface area contributed by atoms with Gasteiger partial charge in [-0.2, -0.15) is 0 Å². The van der Waals surface area contributed by atoms with Gasteiger partial charge in [0.1, 0.15) is 5.05 Å². The van der Waals surface area contributed by atoms with E-state index in [1.165, 1.54) is 0 Å². The summed E-state index contributed by atoms with van der Waals surface area (Å²) in [5.74, 6) is 0. The van der Waals surface area contributed by atoms with Gasteiger partial charge in [-0.05, 0) is 31.9 Å². The van der Waals surface area contributed by atoms with Gasteiger partial charge >= 0.3 is 0 Å². The number of rotatable bonds is 1. The van der Waals surface area contributed by atoms with Crippen LogP contribution in [0.1, 0.15) is 6.92 Å². The van der Waals surface area contributed by atoms with E-state index in [-0.39, 0.29) is 0 Å². The summed E-state index contributed by atoms with van der Waals surface area (Å²) in [5, 5.41) is 0.671. The molecule has 0 aliphatic heterocycles. The van der Waals surface area contributed by atoms with E-state index in [0.717, 1.165) is 0 Å². The average molecular weight is 148 g/mol.